The molecule has 9 heteroatoms. The van der Waals surface area contributed by atoms with E-state index < -0.39 is 6.61 Å². The number of benzene rings is 1. The van der Waals surface area contributed by atoms with Gasteiger partial charge in [0, 0.05) is 11.8 Å². The molecule has 4 rings (SSSR count). The Labute approximate surface area is 183 Å². The lowest BCUT2D eigenvalue weighted by molar-refractivity contribution is -0.0509. The number of hydrogen-bond acceptors (Lipinski definition) is 6. The van der Waals surface area contributed by atoms with Gasteiger partial charge in [-0.25, -0.2) is 4.98 Å². The van der Waals surface area contributed by atoms with Crippen LogP contribution in [-0.4, -0.2) is 29.6 Å². The van der Waals surface area contributed by atoms with Crippen molar-refractivity contribution < 1.29 is 27.5 Å². The average Bonchev–Trinajstić information content (AvgIpc) is 3.20. The van der Waals surface area contributed by atoms with E-state index in [4.69, 9.17) is 13.9 Å². The van der Waals surface area contributed by atoms with Gasteiger partial charge < -0.3 is 19.2 Å². The fraction of sp³-hybridized carbons (Fsp3) is 0.348. The normalized spacial score (nSPS) is 13.7. The number of halogens is 2. The minimum Gasteiger partial charge on any atom is -0.495 e. The van der Waals surface area contributed by atoms with E-state index in [1.807, 2.05) is 13.0 Å². The number of aryl methyl sites for hydroxylation is 1. The van der Waals surface area contributed by atoms with Gasteiger partial charge in [-0.1, -0.05) is 12.5 Å². The number of alkyl halides is 2. The van der Waals surface area contributed by atoms with Crippen molar-refractivity contribution in [2.75, 3.05) is 7.11 Å². The topological polar surface area (TPSA) is 86.5 Å². The number of methoxy groups -OCH3 is 1. The van der Waals surface area contributed by atoms with Gasteiger partial charge in [-0.3, -0.25) is 9.78 Å². The molecular weight excluding hydrogens is 420 g/mol. The van der Waals surface area contributed by atoms with Crippen molar-refractivity contribution in [3.63, 3.8) is 0 Å². The van der Waals surface area contributed by atoms with Gasteiger partial charge in [-0.05, 0) is 49.4 Å². The second-order valence-corrected chi connectivity index (χ2v) is 7.56. The zero-order valence-corrected chi connectivity index (χ0v) is 17.7. The summed E-state index contributed by atoms with van der Waals surface area (Å²) in [4.78, 5) is 20.9. The molecule has 1 aliphatic rings. The maximum atomic E-state index is 12.9. The highest BCUT2D eigenvalue weighted by Crippen LogP contribution is 2.49. The third-order valence-corrected chi connectivity index (χ3v) is 5.53. The lowest BCUT2D eigenvalue weighted by Gasteiger charge is -2.29. The summed E-state index contributed by atoms with van der Waals surface area (Å²) in [6.07, 6.45) is 5.76. The summed E-state index contributed by atoms with van der Waals surface area (Å²) in [6, 6.07) is 6.65. The summed E-state index contributed by atoms with van der Waals surface area (Å²) in [6.45, 7) is -0.976. The molecular formula is C23H23F2N3O4. The number of pyridine rings is 1. The maximum Gasteiger partial charge on any atom is 0.387 e. The zero-order valence-electron chi connectivity index (χ0n) is 17.7. The highest BCUT2D eigenvalue weighted by atomic mass is 19.3. The Balaban J connectivity index is 1.57. The molecule has 0 spiro atoms. The van der Waals surface area contributed by atoms with Crippen molar-refractivity contribution in [2.24, 2.45) is 0 Å². The fourth-order valence-electron chi connectivity index (χ4n) is 3.74. The third-order valence-electron chi connectivity index (χ3n) is 5.53. The first-order valence-electron chi connectivity index (χ1n) is 10.3. The van der Waals surface area contributed by atoms with E-state index in [1.165, 1.54) is 19.4 Å². The Hall–Kier alpha value is -3.49. The van der Waals surface area contributed by atoms with Crippen LogP contribution in [0.1, 0.15) is 52.5 Å². The predicted octanol–water partition coefficient (Wildman–Crippen LogP) is 4.85. The van der Waals surface area contributed by atoms with Crippen LogP contribution in [0.3, 0.4) is 0 Å². The van der Waals surface area contributed by atoms with Crippen molar-refractivity contribution in [3.05, 3.63) is 59.2 Å². The number of ether oxygens (including phenoxy) is 2. The lowest BCUT2D eigenvalue weighted by Crippen LogP contribution is -2.24. The molecule has 1 saturated carbocycles. The molecule has 0 unspecified atom stereocenters. The van der Waals surface area contributed by atoms with E-state index in [0.717, 1.165) is 24.8 Å². The molecule has 0 radical (unpaired) electrons. The smallest absolute Gasteiger partial charge is 0.387 e. The largest absolute Gasteiger partial charge is 0.495 e. The average molecular weight is 443 g/mol. The SMILES string of the molecule is COc1c(-c2nc(CNC(=O)c3ncccc3C)co2)ccc(OC(F)F)c1C1CCC1. The highest BCUT2D eigenvalue weighted by Gasteiger charge is 2.30. The zero-order chi connectivity index (χ0) is 22.7. The summed E-state index contributed by atoms with van der Waals surface area (Å²) in [5.41, 5.74) is 2.76. The van der Waals surface area contributed by atoms with Gasteiger partial charge in [0.15, 0.2) is 0 Å². The maximum absolute atomic E-state index is 12.9. The highest BCUT2D eigenvalue weighted by molar-refractivity contribution is 5.93. The van der Waals surface area contributed by atoms with E-state index >= 15 is 0 Å². The standard InChI is InChI=1S/C23H23F2N3O4/c1-13-5-4-10-26-19(13)21(29)27-11-15-12-31-22(28-15)16-8-9-17(32-23(24)25)18(20(16)30-2)14-6-3-7-14/h4-5,8-10,12,14,23H,3,6-7,11H2,1-2H3,(H,27,29). The Morgan fingerprint density at radius 2 is 2.12 bits per heavy atom. The summed E-state index contributed by atoms with van der Waals surface area (Å²) < 4.78 is 41.8. The summed E-state index contributed by atoms with van der Waals surface area (Å²) in [7, 11) is 1.48. The molecule has 2 aromatic heterocycles. The van der Waals surface area contributed by atoms with Crippen LogP contribution in [0, 0.1) is 6.92 Å². The molecule has 2 heterocycles. The summed E-state index contributed by atoms with van der Waals surface area (Å²) >= 11 is 0. The van der Waals surface area contributed by atoms with Crippen LogP contribution in [0.25, 0.3) is 11.5 Å². The number of amides is 1. The Kier molecular flexibility index (Phi) is 6.34. The number of oxazole rings is 1. The van der Waals surface area contributed by atoms with Crippen LogP contribution in [0.15, 0.2) is 41.1 Å². The van der Waals surface area contributed by atoms with Crippen molar-refractivity contribution >= 4 is 5.91 Å². The summed E-state index contributed by atoms with van der Waals surface area (Å²) in [5, 5.41) is 2.77. The van der Waals surface area contributed by atoms with Gasteiger partial charge >= 0.3 is 6.61 Å². The van der Waals surface area contributed by atoms with Gasteiger partial charge in [-0.15, -0.1) is 0 Å². The van der Waals surface area contributed by atoms with E-state index in [1.54, 1.807) is 18.3 Å². The van der Waals surface area contributed by atoms with Gasteiger partial charge in [0.25, 0.3) is 5.91 Å². The van der Waals surface area contributed by atoms with Gasteiger partial charge in [0.1, 0.15) is 23.5 Å². The van der Waals surface area contributed by atoms with Crippen molar-refractivity contribution in [2.45, 2.75) is 45.3 Å². The van der Waals surface area contributed by atoms with Crippen LogP contribution < -0.4 is 14.8 Å². The minimum absolute atomic E-state index is 0.0778. The monoisotopic (exact) mass is 443 g/mol. The summed E-state index contributed by atoms with van der Waals surface area (Å²) in [5.74, 6) is 0.550. The van der Waals surface area contributed by atoms with Gasteiger partial charge in [0.05, 0.1) is 24.9 Å². The molecule has 7 nitrogen and oxygen atoms in total. The number of nitrogens with zero attached hydrogens (tertiary/aromatic N) is 2. The molecule has 168 valence electrons. The van der Waals surface area contributed by atoms with E-state index in [-0.39, 0.29) is 30.0 Å². The number of carbonyl (C=O) groups is 1. The number of aromatic nitrogens is 2. The third kappa shape index (κ3) is 4.42. The quantitative estimate of drug-likeness (QED) is 0.536. The molecule has 1 amide bonds. The number of hydrogen-bond donors (Lipinski definition) is 1. The molecule has 0 bridgehead atoms. The number of carbonyl (C=O) groups excluding carboxylic acids is 1. The Morgan fingerprint density at radius 1 is 1.31 bits per heavy atom. The number of nitrogens with one attached hydrogen (secondary N) is 1. The van der Waals surface area contributed by atoms with Crippen molar-refractivity contribution in [1.29, 1.82) is 0 Å². The molecule has 32 heavy (non-hydrogen) atoms. The lowest BCUT2D eigenvalue weighted by atomic mass is 9.78. The second-order valence-electron chi connectivity index (χ2n) is 7.56. The molecule has 1 N–H and O–H groups in total. The van der Waals surface area contributed by atoms with Crippen LogP contribution in [0.2, 0.25) is 0 Å². The molecule has 1 fully saturated rings. The van der Waals surface area contributed by atoms with Crippen LogP contribution in [0.5, 0.6) is 11.5 Å². The van der Waals surface area contributed by atoms with Gasteiger partial charge in [0.2, 0.25) is 5.89 Å². The molecule has 0 saturated heterocycles. The molecule has 0 aliphatic heterocycles. The van der Waals surface area contributed by atoms with Gasteiger partial charge in [-0.2, -0.15) is 8.78 Å². The first-order chi connectivity index (χ1) is 15.5. The predicted molar refractivity (Wildman–Crippen MR) is 112 cm³/mol. The molecule has 3 aromatic rings. The van der Waals surface area contributed by atoms with Crippen LogP contribution in [0.4, 0.5) is 8.78 Å². The van der Waals surface area contributed by atoms with E-state index in [9.17, 15) is 13.6 Å². The Bertz CT molecular complexity index is 1110. The number of rotatable bonds is 8. The van der Waals surface area contributed by atoms with Crippen molar-refractivity contribution in [3.8, 4) is 23.0 Å². The first kappa shape index (κ1) is 21.7. The molecule has 1 aliphatic carbocycles. The van der Waals surface area contributed by atoms with E-state index in [0.29, 0.717) is 28.3 Å². The Morgan fingerprint density at radius 3 is 2.78 bits per heavy atom. The van der Waals surface area contributed by atoms with Crippen LogP contribution in [-0.2, 0) is 6.54 Å². The second kappa shape index (κ2) is 9.33. The molecule has 0 atom stereocenters. The van der Waals surface area contributed by atoms with Crippen LogP contribution >= 0.6 is 0 Å². The fourth-order valence-corrected chi connectivity index (χ4v) is 3.74. The van der Waals surface area contributed by atoms with E-state index in [2.05, 4.69) is 15.3 Å². The van der Waals surface area contributed by atoms with Crippen molar-refractivity contribution in [1.82, 2.24) is 15.3 Å². The molecule has 1 aromatic carbocycles. The first-order valence-corrected chi connectivity index (χ1v) is 10.3. The minimum atomic E-state index is -2.93.